The molecule has 3 heterocycles. The third-order valence-electron chi connectivity index (χ3n) is 7.68. The Labute approximate surface area is 244 Å². The summed E-state index contributed by atoms with van der Waals surface area (Å²) >= 11 is 5.79. The number of rotatable bonds is 9. The number of benzene rings is 3. The number of hydrogen-bond acceptors (Lipinski definition) is 5. The van der Waals surface area contributed by atoms with Crippen molar-refractivity contribution >= 4 is 34.2 Å². The number of carbonyl (C=O) groups is 1. The average molecular weight is 598 g/mol. The van der Waals surface area contributed by atoms with Gasteiger partial charge in [0.15, 0.2) is 11.6 Å². The molecule has 11 heteroatoms. The van der Waals surface area contributed by atoms with Gasteiger partial charge in [0, 0.05) is 41.9 Å². The van der Waals surface area contributed by atoms with Gasteiger partial charge in [0.2, 0.25) is 0 Å². The van der Waals surface area contributed by atoms with E-state index < -0.39 is 23.4 Å². The van der Waals surface area contributed by atoms with Crippen LogP contribution in [0.2, 0.25) is 5.02 Å². The number of ether oxygens (including phenoxy) is 2. The predicted octanol–water partition coefficient (Wildman–Crippen LogP) is 6.46. The van der Waals surface area contributed by atoms with Crippen molar-refractivity contribution in [3.05, 3.63) is 99.6 Å². The van der Waals surface area contributed by atoms with E-state index in [-0.39, 0.29) is 40.2 Å². The Bertz CT molecular complexity index is 1700. The van der Waals surface area contributed by atoms with Crippen LogP contribution in [0.3, 0.4) is 0 Å². The van der Waals surface area contributed by atoms with Crippen LogP contribution >= 0.6 is 11.6 Å². The van der Waals surface area contributed by atoms with E-state index in [1.165, 1.54) is 18.2 Å². The molecular formula is C31H27ClF3N3O4. The van der Waals surface area contributed by atoms with Crippen LogP contribution in [0, 0.1) is 17.5 Å². The first kappa shape index (κ1) is 28.3. The van der Waals surface area contributed by atoms with Crippen molar-refractivity contribution in [3.8, 4) is 5.75 Å². The van der Waals surface area contributed by atoms with E-state index in [4.69, 9.17) is 26.1 Å². The molecule has 1 aromatic heterocycles. The smallest absolute Gasteiger partial charge is 0.335 e. The van der Waals surface area contributed by atoms with Crippen molar-refractivity contribution in [3.63, 3.8) is 0 Å². The van der Waals surface area contributed by atoms with Gasteiger partial charge in [-0.25, -0.2) is 22.9 Å². The standard InChI is InChI=1S/C31H27ClF3N3O4/c32-21-3-1-20(24(33)12-21)17-42-29-13-23(25(34)14-26(29)35)18-5-8-37(9-6-18)16-30-36-27-4-2-19(31(39)40)11-28(27)38(30)15-22-7-10-41-22/h1-5,11-14,22H,6-10,15-17H2,(H,39,40)/t22-/m0/s1. The summed E-state index contributed by atoms with van der Waals surface area (Å²) in [4.78, 5) is 18.5. The highest BCUT2D eigenvalue weighted by atomic mass is 35.5. The van der Waals surface area contributed by atoms with Crippen molar-refractivity contribution in [1.29, 1.82) is 0 Å². The number of imidazole rings is 1. The predicted molar refractivity (Wildman–Crippen MR) is 151 cm³/mol. The lowest BCUT2D eigenvalue weighted by Crippen LogP contribution is -2.33. The van der Waals surface area contributed by atoms with Crippen molar-refractivity contribution in [2.24, 2.45) is 0 Å². The van der Waals surface area contributed by atoms with E-state index in [2.05, 4.69) is 4.90 Å². The highest BCUT2D eigenvalue weighted by molar-refractivity contribution is 6.30. The molecule has 0 bridgehead atoms. The van der Waals surface area contributed by atoms with Gasteiger partial charge < -0.3 is 19.1 Å². The molecule has 2 aliphatic rings. The van der Waals surface area contributed by atoms with E-state index in [1.807, 2.05) is 10.6 Å². The molecule has 0 unspecified atom stereocenters. The molecule has 3 aromatic carbocycles. The zero-order chi connectivity index (χ0) is 29.4. The van der Waals surface area contributed by atoms with Gasteiger partial charge in [-0.2, -0.15) is 0 Å². The van der Waals surface area contributed by atoms with Gasteiger partial charge in [-0.3, -0.25) is 4.90 Å². The summed E-state index contributed by atoms with van der Waals surface area (Å²) in [7, 11) is 0. The lowest BCUT2D eigenvalue weighted by Gasteiger charge is -2.29. The Kier molecular flexibility index (Phi) is 7.94. The van der Waals surface area contributed by atoms with Crippen molar-refractivity contribution in [2.45, 2.75) is 38.6 Å². The number of fused-ring (bicyclic) bond motifs is 1. The molecule has 7 nitrogen and oxygen atoms in total. The molecule has 4 aromatic rings. The molecule has 0 spiro atoms. The zero-order valence-corrected chi connectivity index (χ0v) is 23.2. The monoisotopic (exact) mass is 597 g/mol. The topological polar surface area (TPSA) is 76.8 Å². The highest BCUT2D eigenvalue weighted by Crippen LogP contribution is 2.32. The molecule has 218 valence electrons. The van der Waals surface area contributed by atoms with Gasteiger partial charge in [0.25, 0.3) is 0 Å². The summed E-state index contributed by atoms with van der Waals surface area (Å²) < 4.78 is 56.7. The third-order valence-corrected chi connectivity index (χ3v) is 7.91. The number of carboxylic acids is 1. The van der Waals surface area contributed by atoms with Crippen LogP contribution in [-0.4, -0.2) is 51.3 Å². The Hall–Kier alpha value is -3.86. The van der Waals surface area contributed by atoms with Gasteiger partial charge >= 0.3 is 5.97 Å². The lowest BCUT2D eigenvalue weighted by atomic mass is 9.98. The van der Waals surface area contributed by atoms with Crippen LogP contribution in [0.5, 0.6) is 5.75 Å². The first-order valence-corrected chi connectivity index (χ1v) is 13.9. The Morgan fingerprint density at radius 2 is 1.93 bits per heavy atom. The first-order chi connectivity index (χ1) is 20.2. The Morgan fingerprint density at radius 1 is 1.10 bits per heavy atom. The van der Waals surface area contributed by atoms with E-state index in [0.29, 0.717) is 50.3 Å². The fraction of sp³-hybridized carbons (Fsp3) is 0.290. The van der Waals surface area contributed by atoms with Crippen LogP contribution < -0.4 is 4.74 Å². The highest BCUT2D eigenvalue weighted by Gasteiger charge is 2.25. The second-order valence-corrected chi connectivity index (χ2v) is 10.9. The maximum Gasteiger partial charge on any atom is 0.335 e. The number of hydrogen-bond donors (Lipinski definition) is 1. The molecule has 2 aliphatic heterocycles. The third kappa shape index (κ3) is 5.88. The fourth-order valence-electron chi connectivity index (χ4n) is 5.24. The largest absolute Gasteiger partial charge is 0.486 e. The number of halogens is 4. The van der Waals surface area contributed by atoms with Crippen molar-refractivity contribution < 1.29 is 32.5 Å². The second-order valence-electron chi connectivity index (χ2n) is 10.4. The minimum atomic E-state index is -1.00. The summed E-state index contributed by atoms with van der Waals surface area (Å²) in [6.45, 7) is 2.64. The van der Waals surface area contributed by atoms with Gasteiger partial charge in [0.05, 0.1) is 35.8 Å². The number of nitrogens with zero attached hydrogens (tertiary/aromatic N) is 3. The second kappa shape index (κ2) is 11.8. The molecule has 1 atom stereocenters. The normalized spacial score (nSPS) is 17.2. The van der Waals surface area contributed by atoms with Gasteiger partial charge in [0.1, 0.15) is 24.1 Å². The summed E-state index contributed by atoms with van der Waals surface area (Å²) in [5, 5.41) is 9.71. The molecule has 0 aliphatic carbocycles. The Balaban J connectivity index is 1.19. The molecule has 1 fully saturated rings. The first-order valence-electron chi connectivity index (χ1n) is 13.6. The summed E-state index contributed by atoms with van der Waals surface area (Å²) in [5.74, 6) is -2.53. The lowest BCUT2D eigenvalue weighted by molar-refractivity contribution is -0.0591. The van der Waals surface area contributed by atoms with Crippen LogP contribution in [0.15, 0.2) is 54.6 Å². The molecular weight excluding hydrogens is 571 g/mol. The molecule has 42 heavy (non-hydrogen) atoms. The minimum absolute atomic E-state index is 0.0524. The molecule has 1 N–H and O–H groups in total. The SMILES string of the molecule is O=C(O)c1ccc2nc(CN3CC=C(c4cc(OCc5ccc(Cl)cc5F)c(F)cc4F)CC3)n(C[C@@H]3CCO3)c2c1. The van der Waals surface area contributed by atoms with Gasteiger partial charge in [-0.05, 0) is 54.8 Å². The minimum Gasteiger partial charge on any atom is -0.486 e. The van der Waals surface area contributed by atoms with Crippen LogP contribution in [0.25, 0.3) is 16.6 Å². The molecule has 0 amide bonds. The van der Waals surface area contributed by atoms with E-state index in [1.54, 1.807) is 18.2 Å². The number of aromatic nitrogens is 2. The molecule has 6 rings (SSSR count). The van der Waals surface area contributed by atoms with Crippen LogP contribution in [0.1, 0.15) is 40.2 Å². The number of carboxylic acid groups (broad SMARTS) is 1. The molecule has 1 saturated heterocycles. The van der Waals surface area contributed by atoms with E-state index in [0.717, 1.165) is 29.9 Å². The molecule has 0 radical (unpaired) electrons. The molecule has 0 saturated carbocycles. The average Bonchev–Trinajstić information content (AvgIpc) is 3.27. The van der Waals surface area contributed by atoms with E-state index >= 15 is 0 Å². The summed E-state index contributed by atoms with van der Waals surface area (Å²) in [6.07, 6.45) is 3.38. The van der Waals surface area contributed by atoms with E-state index in [9.17, 15) is 23.1 Å². The zero-order valence-electron chi connectivity index (χ0n) is 22.5. The quantitative estimate of drug-likeness (QED) is 0.239. The maximum absolute atomic E-state index is 14.9. The van der Waals surface area contributed by atoms with Crippen LogP contribution in [0.4, 0.5) is 13.2 Å². The summed E-state index contributed by atoms with van der Waals surface area (Å²) in [5.41, 5.74) is 2.80. The van der Waals surface area contributed by atoms with Crippen LogP contribution in [-0.2, 0) is 24.4 Å². The summed E-state index contributed by atoms with van der Waals surface area (Å²) in [6, 6.07) is 11.1. The Morgan fingerprint density at radius 3 is 2.62 bits per heavy atom. The van der Waals surface area contributed by atoms with Gasteiger partial charge in [-0.1, -0.05) is 23.7 Å². The number of aromatic carboxylic acids is 1. The van der Waals surface area contributed by atoms with Crippen molar-refractivity contribution in [2.75, 3.05) is 19.7 Å². The fourth-order valence-corrected chi connectivity index (χ4v) is 5.40. The van der Waals surface area contributed by atoms with Gasteiger partial charge in [-0.15, -0.1) is 0 Å². The van der Waals surface area contributed by atoms with Crippen molar-refractivity contribution in [1.82, 2.24) is 14.5 Å². The maximum atomic E-state index is 14.9.